The van der Waals surface area contributed by atoms with Gasteiger partial charge in [-0.15, -0.1) is 0 Å². The van der Waals surface area contributed by atoms with Crippen LogP contribution in [0.4, 0.5) is 5.82 Å². The van der Waals surface area contributed by atoms with Gasteiger partial charge in [-0.3, -0.25) is 9.78 Å². The summed E-state index contributed by atoms with van der Waals surface area (Å²) in [5.41, 5.74) is 4.34. The van der Waals surface area contributed by atoms with Gasteiger partial charge in [-0.2, -0.15) is 5.10 Å². The molecule has 0 spiro atoms. The summed E-state index contributed by atoms with van der Waals surface area (Å²) in [5.74, 6) is 1.73. The summed E-state index contributed by atoms with van der Waals surface area (Å²) in [4.78, 5) is 23.9. The molecule has 0 saturated carbocycles. The van der Waals surface area contributed by atoms with Crippen LogP contribution in [0.25, 0.3) is 5.82 Å². The molecule has 7 nitrogen and oxygen atoms in total. The Labute approximate surface area is 177 Å². The molecule has 1 N–H and O–H groups in total. The van der Waals surface area contributed by atoms with Crippen LogP contribution in [0.2, 0.25) is 0 Å². The molecule has 7 heteroatoms. The van der Waals surface area contributed by atoms with Crippen molar-refractivity contribution in [1.29, 1.82) is 0 Å². The summed E-state index contributed by atoms with van der Waals surface area (Å²) < 4.78 is 1.82. The number of nitrogens with one attached hydrogen (secondary N) is 1. The second kappa shape index (κ2) is 8.65. The lowest BCUT2D eigenvalue weighted by atomic mass is 9.96. The standard InChI is InChI=1S/C23H28N6O/c1-16-4-6-19(7-5-16)13-25-23(30)20-8-10-28(11-9-20)21-14-24-15-22(26-21)29-18(3)12-17(2)27-29/h4-7,12,14-15,20H,8-11,13H2,1-3H3,(H,25,30). The Morgan fingerprint density at radius 2 is 1.77 bits per heavy atom. The second-order valence-electron chi connectivity index (χ2n) is 8.04. The zero-order valence-electron chi connectivity index (χ0n) is 17.8. The van der Waals surface area contributed by atoms with E-state index in [1.165, 1.54) is 5.56 Å². The summed E-state index contributed by atoms with van der Waals surface area (Å²) in [6, 6.07) is 10.3. The molecule has 4 rings (SSSR count). The van der Waals surface area contributed by atoms with Crippen LogP contribution in [-0.4, -0.2) is 38.7 Å². The van der Waals surface area contributed by atoms with E-state index >= 15 is 0 Å². The van der Waals surface area contributed by atoms with E-state index in [0.717, 1.165) is 54.5 Å². The van der Waals surface area contributed by atoms with Crippen molar-refractivity contribution in [1.82, 2.24) is 25.1 Å². The minimum atomic E-state index is 0.0406. The van der Waals surface area contributed by atoms with Crippen LogP contribution in [-0.2, 0) is 11.3 Å². The highest BCUT2D eigenvalue weighted by atomic mass is 16.1. The third kappa shape index (κ3) is 4.50. The summed E-state index contributed by atoms with van der Waals surface area (Å²) in [6.45, 7) is 8.20. The van der Waals surface area contributed by atoms with Crippen LogP contribution in [0.15, 0.2) is 42.7 Å². The van der Waals surface area contributed by atoms with Gasteiger partial charge in [0.15, 0.2) is 5.82 Å². The number of hydrogen-bond donors (Lipinski definition) is 1. The van der Waals surface area contributed by atoms with Crippen molar-refractivity contribution < 1.29 is 4.79 Å². The Bertz CT molecular complexity index is 1020. The van der Waals surface area contributed by atoms with E-state index in [1.54, 1.807) is 12.4 Å². The molecule has 0 radical (unpaired) electrons. The van der Waals surface area contributed by atoms with E-state index in [2.05, 4.69) is 51.5 Å². The van der Waals surface area contributed by atoms with Crippen LogP contribution in [0.1, 0.15) is 35.4 Å². The summed E-state index contributed by atoms with van der Waals surface area (Å²) in [5, 5.41) is 7.58. The lowest BCUT2D eigenvalue weighted by Crippen LogP contribution is -2.40. The lowest BCUT2D eigenvalue weighted by Gasteiger charge is -2.32. The number of anilines is 1. The topological polar surface area (TPSA) is 75.9 Å². The quantitative estimate of drug-likeness (QED) is 0.707. The molecule has 1 aromatic carbocycles. The molecule has 1 amide bonds. The molecular formula is C23H28N6O. The molecule has 1 aliphatic rings. The predicted octanol–water partition coefficient (Wildman–Crippen LogP) is 3.12. The highest BCUT2D eigenvalue weighted by molar-refractivity contribution is 5.79. The Kier molecular flexibility index (Phi) is 5.79. The number of aromatic nitrogens is 4. The van der Waals surface area contributed by atoms with Crippen LogP contribution >= 0.6 is 0 Å². The van der Waals surface area contributed by atoms with E-state index in [4.69, 9.17) is 4.98 Å². The SMILES string of the molecule is Cc1ccc(CNC(=O)C2CCN(c3cncc(-n4nc(C)cc4C)n3)CC2)cc1. The average Bonchev–Trinajstić information content (AvgIpc) is 3.11. The molecule has 0 aliphatic carbocycles. The maximum absolute atomic E-state index is 12.6. The van der Waals surface area contributed by atoms with Gasteiger partial charge in [0.1, 0.15) is 5.82 Å². The van der Waals surface area contributed by atoms with Crippen molar-refractivity contribution in [3.8, 4) is 5.82 Å². The van der Waals surface area contributed by atoms with Gasteiger partial charge in [-0.25, -0.2) is 9.67 Å². The molecule has 0 atom stereocenters. The van der Waals surface area contributed by atoms with Gasteiger partial charge < -0.3 is 10.2 Å². The molecule has 0 unspecified atom stereocenters. The minimum absolute atomic E-state index is 0.0406. The normalized spacial score (nSPS) is 14.7. The first-order valence-corrected chi connectivity index (χ1v) is 10.4. The minimum Gasteiger partial charge on any atom is -0.355 e. The van der Waals surface area contributed by atoms with Gasteiger partial charge in [-0.05, 0) is 45.2 Å². The van der Waals surface area contributed by atoms with E-state index in [0.29, 0.717) is 6.54 Å². The molecule has 3 aromatic rings. The molecule has 1 aliphatic heterocycles. The fraction of sp³-hybridized carbons (Fsp3) is 0.391. The van der Waals surface area contributed by atoms with Crippen molar-refractivity contribution in [2.75, 3.05) is 18.0 Å². The van der Waals surface area contributed by atoms with Crippen molar-refractivity contribution in [2.24, 2.45) is 5.92 Å². The third-order valence-electron chi connectivity index (χ3n) is 5.61. The zero-order chi connectivity index (χ0) is 21.1. The van der Waals surface area contributed by atoms with Crippen molar-refractivity contribution >= 4 is 11.7 Å². The fourth-order valence-corrected chi connectivity index (χ4v) is 3.87. The molecule has 1 fully saturated rings. The van der Waals surface area contributed by atoms with Crippen LogP contribution in [0.5, 0.6) is 0 Å². The van der Waals surface area contributed by atoms with Gasteiger partial charge in [0.05, 0.1) is 18.1 Å². The first kappa shape index (κ1) is 20.1. The van der Waals surface area contributed by atoms with E-state index in [9.17, 15) is 4.79 Å². The van der Waals surface area contributed by atoms with Crippen LogP contribution in [0, 0.1) is 26.7 Å². The van der Waals surface area contributed by atoms with Gasteiger partial charge >= 0.3 is 0 Å². The smallest absolute Gasteiger partial charge is 0.223 e. The first-order valence-electron chi connectivity index (χ1n) is 10.4. The third-order valence-corrected chi connectivity index (χ3v) is 5.61. The van der Waals surface area contributed by atoms with Crippen molar-refractivity contribution in [2.45, 2.75) is 40.2 Å². The number of benzene rings is 1. The van der Waals surface area contributed by atoms with Crippen molar-refractivity contribution in [3.63, 3.8) is 0 Å². The van der Waals surface area contributed by atoms with Gasteiger partial charge in [0.2, 0.25) is 5.91 Å². The number of amides is 1. The molecule has 1 saturated heterocycles. The Balaban J connectivity index is 1.34. The number of carbonyl (C=O) groups is 1. The van der Waals surface area contributed by atoms with E-state index < -0.39 is 0 Å². The number of piperidine rings is 1. The first-order chi connectivity index (χ1) is 14.5. The highest BCUT2D eigenvalue weighted by Gasteiger charge is 2.26. The van der Waals surface area contributed by atoms with E-state index in [-0.39, 0.29) is 11.8 Å². The van der Waals surface area contributed by atoms with Crippen molar-refractivity contribution in [3.05, 3.63) is 65.2 Å². The lowest BCUT2D eigenvalue weighted by molar-refractivity contribution is -0.125. The molecule has 0 bridgehead atoms. The van der Waals surface area contributed by atoms with E-state index in [1.807, 2.05) is 24.6 Å². The molecular weight excluding hydrogens is 376 g/mol. The summed E-state index contributed by atoms with van der Waals surface area (Å²) >= 11 is 0. The highest BCUT2D eigenvalue weighted by Crippen LogP contribution is 2.22. The zero-order valence-corrected chi connectivity index (χ0v) is 17.8. The number of hydrogen-bond acceptors (Lipinski definition) is 5. The Morgan fingerprint density at radius 1 is 1.07 bits per heavy atom. The number of aryl methyl sites for hydroxylation is 3. The van der Waals surface area contributed by atoms with Gasteiger partial charge in [0, 0.05) is 31.2 Å². The number of nitrogens with zero attached hydrogens (tertiary/aromatic N) is 5. The maximum atomic E-state index is 12.6. The Morgan fingerprint density at radius 3 is 2.43 bits per heavy atom. The van der Waals surface area contributed by atoms with Gasteiger partial charge in [0.25, 0.3) is 0 Å². The fourth-order valence-electron chi connectivity index (χ4n) is 3.87. The van der Waals surface area contributed by atoms with Crippen LogP contribution < -0.4 is 10.2 Å². The number of carbonyl (C=O) groups excluding carboxylic acids is 1. The molecule has 156 valence electrons. The molecule has 30 heavy (non-hydrogen) atoms. The number of rotatable bonds is 5. The van der Waals surface area contributed by atoms with Crippen LogP contribution in [0.3, 0.4) is 0 Å². The van der Waals surface area contributed by atoms with Gasteiger partial charge in [-0.1, -0.05) is 29.8 Å². The monoisotopic (exact) mass is 404 g/mol. The Hall–Kier alpha value is -3.22. The predicted molar refractivity (Wildman–Crippen MR) is 117 cm³/mol. The molecule has 2 aromatic heterocycles. The maximum Gasteiger partial charge on any atom is 0.223 e. The largest absolute Gasteiger partial charge is 0.355 e. The molecule has 3 heterocycles. The summed E-state index contributed by atoms with van der Waals surface area (Å²) in [7, 11) is 0. The second-order valence-corrected chi connectivity index (χ2v) is 8.04. The summed E-state index contributed by atoms with van der Waals surface area (Å²) in [6.07, 6.45) is 5.14. The average molecular weight is 405 g/mol.